The van der Waals surface area contributed by atoms with Gasteiger partial charge in [-0.2, -0.15) is 0 Å². The summed E-state index contributed by atoms with van der Waals surface area (Å²) in [6, 6.07) is -4.84. The molecule has 0 unspecified atom stereocenters. The van der Waals surface area contributed by atoms with Crippen LogP contribution in [0, 0.1) is 0 Å². The van der Waals surface area contributed by atoms with Crippen molar-refractivity contribution in [2.75, 3.05) is 33.0 Å². The summed E-state index contributed by atoms with van der Waals surface area (Å²) >= 11 is 0. The molecule has 0 bridgehead atoms. The molecule has 3 amide bonds. The second-order valence-corrected chi connectivity index (χ2v) is 18.9. The molecule has 32 heteroatoms. The first-order valence-corrected chi connectivity index (χ1v) is 23.8. The molecule has 0 aromatic heterocycles. The number of aliphatic hydroxyl groups is 15. The van der Waals surface area contributed by atoms with Crippen LogP contribution in [0.15, 0.2) is 0 Å². The van der Waals surface area contributed by atoms with E-state index < -0.39 is 229 Å². The summed E-state index contributed by atoms with van der Waals surface area (Å²) in [5.74, 6) is -2.27. The van der Waals surface area contributed by atoms with Crippen LogP contribution in [0.2, 0.25) is 0 Å². The van der Waals surface area contributed by atoms with Gasteiger partial charge in [-0.15, -0.1) is 0 Å². The molecule has 0 aromatic carbocycles. The van der Waals surface area contributed by atoms with Crippen LogP contribution in [0.4, 0.5) is 0 Å². The Bertz CT molecular complexity index is 1820. The standard InChI is InChI=1S/C42H71N3O29/c1-11-24(54)31(61)36(74-40-23(45-14(4)52)30(60)27(57)19(9-49)70-40)41(65-11)64-10-20-34(72-39-22(44-13(3)51)29(59)26(56)18(8-48)69-39)35(32(62)37(63)67-20)73-42-33(16(53)5-15(6-46)66-42)71-38-21(43-12(2)50)28(58)25(55)17(7-47)68-38/h11,15-42,46-49,53-63H,5-10H2,1-4H3,(H,43,50)(H,44,51)(H,45,52)/t11-,15+,16+,17-,18-,19-,20-,21-,22-,23-,24-,25-,26-,27-,28-,29-,30-,31+,32+,33+,34-,35-,36+,37-,38+,39+,40+,41+,42-/m1/s1. The summed E-state index contributed by atoms with van der Waals surface area (Å²) in [4.78, 5) is 36.9. The van der Waals surface area contributed by atoms with E-state index in [0.29, 0.717) is 0 Å². The van der Waals surface area contributed by atoms with E-state index in [0.717, 1.165) is 20.8 Å². The Morgan fingerprint density at radius 2 is 0.851 bits per heavy atom. The largest absolute Gasteiger partial charge is 0.394 e. The van der Waals surface area contributed by atoms with E-state index in [2.05, 4.69) is 16.0 Å². The first kappa shape index (κ1) is 60.6. The number of nitrogens with one attached hydrogen (secondary N) is 3. The van der Waals surface area contributed by atoms with Crippen LogP contribution >= 0.6 is 0 Å². The maximum absolute atomic E-state index is 12.5. The van der Waals surface area contributed by atoms with E-state index in [1.165, 1.54) is 6.92 Å². The van der Waals surface area contributed by atoms with Crippen molar-refractivity contribution in [2.24, 2.45) is 0 Å². The molecular weight excluding hydrogens is 1010 g/mol. The highest BCUT2D eigenvalue weighted by Crippen LogP contribution is 2.37. The molecule has 18 N–H and O–H groups in total. The van der Waals surface area contributed by atoms with Crippen LogP contribution < -0.4 is 16.0 Å². The summed E-state index contributed by atoms with van der Waals surface area (Å²) in [6.07, 6.45) is -47.1. The van der Waals surface area contributed by atoms with Gasteiger partial charge in [-0.3, -0.25) is 14.4 Å². The first-order chi connectivity index (χ1) is 34.9. The molecule has 0 saturated carbocycles. The zero-order chi connectivity index (χ0) is 54.6. The third-order valence-electron chi connectivity index (χ3n) is 13.4. The van der Waals surface area contributed by atoms with Gasteiger partial charge in [0, 0.05) is 27.2 Å². The van der Waals surface area contributed by atoms with Crippen molar-refractivity contribution in [3.63, 3.8) is 0 Å². The average Bonchev–Trinajstić information content (AvgIpc) is 3.35. The highest BCUT2D eigenvalue weighted by molar-refractivity contribution is 5.74. The first-order valence-electron chi connectivity index (χ1n) is 23.8. The maximum atomic E-state index is 12.5. The molecule has 0 spiro atoms. The number of rotatable bonds is 18. The van der Waals surface area contributed by atoms with Crippen molar-refractivity contribution in [2.45, 2.75) is 212 Å². The SMILES string of the molecule is CC(=O)N[C@H]1[C@H](O[C@@H]2[C@@H](OC[C@H]3O[C@@H](O)[C@@H](O)[C@@H](O[C@H]4O[C@H](CO)C[C@H](O)[C@@H]4O[C@@H]4O[C@H](CO)[C@@H](O)[C@H](O)[C@H]4NC(C)=O)[C@@H]3O[C@@H]3O[C@H](CO)[C@@H](O)[C@H](O)[C@H]3NC(C)=O)O[C@H](C)[C@@H](O)[C@@H]2O)O[C@H](CO)[C@@H](O)[C@@H]1O. The molecule has 6 heterocycles. The lowest BCUT2D eigenvalue weighted by atomic mass is 9.95. The average molecular weight is 1080 g/mol. The van der Waals surface area contributed by atoms with Gasteiger partial charge in [0.1, 0.15) is 122 Å². The second-order valence-electron chi connectivity index (χ2n) is 18.9. The summed E-state index contributed by atoms with van der Waals surface area (Å²) in [6.45, 7) is 0.170. The van der Waals surface area contributed by atoms with E-state index in [1.54, 1.807) is 0 Å². The smallest absolute Gasteiger partial charge is 0.217 e. The predicted molar refractivity (Wildman–Crippen MR) is 231 cm³/mol. The number of carbonyl (C=O) groups excluding carboxylic acids is 3. The Labute approximate surface area is 421 Å². The minimum Gasteiger partial charge on any atom is -0.394 e. The van der Waals surface area contributed by atoms with Crippen LogP contribution in [0.5, 0.6) is 0 Å². The Hall–Kier alpha value is -2.63. The Balaban J connectivity index is 1.37. The van der Waals surface area contributed by atoms with Gasteiger partial charge < -0.3 is 145 Å². The molecule has 6 rings (SSSR count). The Kier molecular flexibility index (Phi) is 21.6. The molecule has 428 valence electrons. The minimum atomic E-state index is -2.28. The molecule has 6 aliphatic heterocycles. The summed E-state index contributed by atoms with van der Waals surface area (Å²) in [5, 5.41) is 169. The van der Waals surface area contributed by atoms with Crippen molar-refractivity contribution in [3.05, 3.63) is 0 Å². The molecule has 0 aromatic rings. The van der Waals surface area contributed by atoms with Gasteiger partial charge in [0.05, 0.1) is 51.3 Å². The van der Waals surface area contributed by atoms with Crippen molar-refractivity contribution >= 4 is 17.7 Å². The molecule has 0 radical (unpaired) electrons. The zero-order valence-corrected chi connectivity index (χ0v) is 40.4. The van der Waals surface area contributed by atoms with Gasteiger partial charge in [0.25, 0.3) is 0 Å². The molecule has 32 nitrogen and oxygen atoms in total. The van der Waals surface area contributed by atoms with Crippen molar-refractivity contribution < 1.29 is 143 Å². The number of ether oxygens (including phenoxy) is 11. The fourth-order valence-electron chi connectivity index (χ4n) is 9.50. The normalized spacial score (nSPS) is 48.1. The lowest BCUT2D eigenvalue weighted by molar-refractivity contribution is -0.390. The Morgan fingerprint density at radius 3 is 1.27 bits per heavy atom. The molecule has 6 aliphatic rings. The highest BCUT2D eigenvalue weighted by atomic mass is 16.8. The molecule has 6 saturated heterocycles. The maximum Gasteiger partial charge on any atom is 0.217 e. The molecule has 29 atom stereocenters. The number of hydrogen-bond acceptors (Lipinski definition) is 29. The van der Waals surface area contributed by atoms with Crippen LogP contribution in [0.25, 0.3) is 0 Å². The van der Waals surface area contributed by atoms with E-state index >= 15 is 0 Å². The van der Waals surface area contributed by atoms with Crippen molar-refractivity contribution in [1.82, 2.24) is 16.0 Å². The fraction of sp³-hybridized carbons (Fsp3) is 0.929. The van der Waals surface area contributed by atoms with Crippen molar-refractivity contribution in [1.29, 1.82) is 0 Å². The van der Waals surface area contributed by atoms with Gasteiger partial charge >= 0.3 is 0 Å². The summed E-state index contributed by atoms with van der Waals surface area (Å²) in [7, 11) is 0. The van der Waals surface area contributed by atoms with Crippen LogP contribution in [0.3, 0.4) is 0 Å². The lowest BCUT2D eigenvalue weighted by Gasteiger charge is -2.50. The van der Waals surface area contributed by atoms with E-state index in [9.17, 15) is 91.0 Å². The topological polar surface area (TPSA) is 492 Å². The van der Waals surface area contributed by atoms with Gasteiger partial charge in [0.15, 0.2) is 37.7 Å². The van der Waals surface area contributed by atoms with Crippen molar-refractivity contribution in [3.8, 4) is 0 Å². The molecule has 6 fully saturated rings. The lowest BCUT2D eigenvalue weighted by Crippen LogP contribution is -2.69. The number of amides is 3. The third kappa shape index (κ3) is 13.6. The van der Waals surface area contributed by atoms with Crippen LogP contribution in [-0.4, -0.2) is 305 Å². The van der Waals surface area contributed by atoms with Gasteiger partial charge in [-0.05, 0) is 6.92 Å². The molecular formula is C42H71N3O29. The van der Waals surface area contributed by atoms with E-state index in [4.69, 9.17) is 52.1 Å². The quantitative estimate of drug-likeness (QED) is 0.0606. The fourth-order valence-corrected chi connectivity index (χ4v) is 9.50. The highest BCUT2D eigenvalue weighted by Gasteiger charge is 2.57. The van der Waals surface area contributed by atoms with E-state index in [1.807, 2.05) is 0 Å². The van der Waals surface area contributed by atoms with Gasteiger partial charge in [0.2, 0.25) is 17.7 Å². The zero-order valence-electron chi connectivity index (χ0n) is 40.4. The third-order valence-corrected chi connectivity index (χ3v) is 13.4. The van der Waals surface area contributed by atoms with Gasteiger partial charge in [-0.25, -0.2) is 0 Å². The summed E-state index contributed by atoms with van der Waals surface area (Å²) in [5.41, 5.74) is 0. The molecule has 74 heavy (non-hydrogen) atoms. The monoisotopic (exact) mass is 1080 g/mol. The Morgan fingerprint density at radius 1 is 0.432 bits per heavy atom. The van der Waals surface area contributed by atoms with Gasteiger partial charge in [-0.1, -0.05) is 0 Å². The number of carbonyl (C=O) groups is 3. The molecule has 0 aliphatic carbocycles. The summed E-state index contributed by atoms with van der Waals surface area (Å²) < 4.78 is 65.5. The van der Waals surface area contributed by atoms with Crippen LogP contribution in [-0.2, 0) is 66.5 Å². The number of hydrogen-bond donors (Lipinski definition) is 18. The number of aliphatic hydroxyl groups excluding tert-OH is 15. The minimum absolute atomic E-state index is 0.374. The second kappa shape index (κ2) is 26.3. The van der Waals surface area contributed by atoms with E-state index in [-0.39, 0.29) is 6.42 Å². The van der Waals surface area contributed by atoms with Crippen LogP contribution in [0.1, 0.15) is 34.1 Å². The predicted octanol–water partition coefficient (Wildman–Crippen LogP) is -11.6.